The Balaban J connectivity index is 2.09. The Kier molecular flexibility index (Phi) is 4.46. The Morgan fingerprint density at radius 2 is 2.00 bits per heavy atom. The molecule has 19 heavy (non-hydrogen) atoms. The molecule has 2 rings (SSSR count). The van der Waals surface area contributed by atoms with E-state index in [0.717, 1.165) is 12.1 Å². The van der Waals surface area contributed by atoms with Crippen molar-refractivity contribution in [3.05, 3.63) is 47.7 Å². The molecular formula is C15H16N4. The number of nitrogens with one attached hydrogen (secondary N) is 1. The van der Waals surface area contributed by atoms with Gasteiger partial charge in [-0.15, -0.1) is 5.10 Å². The summed E-state index contributed by atoms with van der Waals surface area (Å²) in [6.07, 6.45) is 5.02. The standard InChI is InChI=1S/C15H16N4/c1-2-3-4-12-5-7-14(8-6-12)18-15-13(11-16)9-10-17-19-15/h5-10H,2-4H2,1H3,(H,18,19). The normalized spacial score (nSPS) is 9.89. The van der Waals surface area contributed by atoms with Crippen LogP contribution in [0.2, 0.25) is 0 Å². The molecule has 1 heterocycles. The Hall–Kier alpha value is -2.41. The molecule has 0 bridgehead atoms. The van der Waals surface area contributed by atoms with Crippen molar-refractivity contribution in [3.8, 4) is 6.07 Å². The number of nitriles is 1. The average molecular weight is 252 g/mol. The van der Waals surface area contributed by atoms with Crippen LogP contribution in [0.1, 0.15) is 30.9 Å². The van der Waals surface area contributed by atoms with E-state index in [1.807, 2.05) is 12.1 Å². The van der Waals surface area contributed by atoms with Crippen LogP contribution < -0.4 is 5.32 Å². The number of hydrogen-bond acceptors (Lipinski definition) is 4. The van der Waals surface area contributed by atoms with Gasteiger partial charge < -0.3 is 5.32 Å². The Bertz CT molecular complexity index is 569. The summed E-state index contributed by atoms with van der Waals surface area (Å²) in [5.41, 5.74) is 2.73. The monoisotopic (exact) mass is 252 g/mol. The first-order valence-corrected chi connectivity index (χ1v) is 6.41. The highest BCUT2D eigenvalue weighted by molar-refractivity contribution is 5.61. The van der Waals surface area contributed by atoms with Gasteiger partial charge in [0.1, 0.15) is 6.07 Å². The zero-order chi connectivity index (χ0) is 13.5. The molecular weight excluding hydrogens is 236 g/mol. The molecule has 4 nitrogen and oxygen atoms in total. The van der Waals surface area contributed by atoms with Crippen LogP contribution >= 0.6 is 0 Å². The van der Waals surface area contributed by atoms with Crippen LogP contribution in [0.3, 0.4) is 0 Å². The van der Waals surface area contributed by atoms with Crippen molar-refractivity contribution in [3.63, 3.8) is 0 Å². The minimum atomic E-state index is 0.491. The van der Waals surface area contributed by atoms with Crippen LogP contribution in [-0.4, -0.2) is 10.2 Å². The lowest BCUT2D eigenvalue weighted by Gasteiger charge is -2.07. The third-order valence-electron chi connectivity index (χ3n) is 2.88. The van der Waals surface area contributed by atoms with E-state index in [4.69, 9.17) is 5.26 Å². The highest BCUT2D eigenvalue weighted by Crippen LogP contribution is 2.18. The zero-order valence-electron chi connectivity index (χ0n) is 10.9. The molecule has 0 spiro atoms. The topological polar surface area (TPSA) is 61.6 Å². The predicted molar refractivity (Wildman–Crippen MR) is 75.1 cm³/mol. The number of benzene rings is 1. The van der Waals surface area contributed by atoms with Crippen molar-refractivity contribution in [1.29, 1.82) is 5.26 Å². The molecule has 0 radical (unpaired) electrons. The highest BCUT2D eigenvalue weighted by atomic mass is 15.2. The number of unbranched alkanes of at least 4 members (excludes halogenated alkanes) is 1. The van der Waals surface area contributed by atoms with Crippen molar-refractivity contribution in [2.45, 2.75) is 26.2 Å². The molecule has 0 aliphatic heterocycles. The zero-order valence-corrected chi connectivity index (χ0v) is 10.9. The second-order valence-electron chi connectivity index (χ2n) is 4.33. The molecule has 0 saturated carbocycles. The van der Waals surface area contributed by atoms with E-state index in [2.05, 4.69) is 40.6 Å². The van der Waals surface area contributed by atoms with Crippen LogP contribution in [0, 0.1) is 11.3 Å². The molecule has 96 valence electrons. The third-order valence-corrected chi connectivity index (χ3v) is 2.88. The Morgan fingerprint density at radius 3 is 2.68 bits per heavy atom. The van der Waals surface area contributed by atoms with Crippen molar-refractivity contribution in [1.82, 2.24) is 10.2 Å². The van der Waals surface area contributed by atoms with E-state index in [-0.39, 0.29) is 0 Å². The van der Waals surface area contributed by atoms with Gasteiger partial charge in [-0.3, -0.25) is 0 Å². The quantitative estimate of drug-likeness (QED) is 0.885. The van der Waals surface area contributed by atoms with Crippen molar-refractivity contribution >= 4 is 11.5 Å². The van der Waals surface area contributed by atoms with Crippen LogP contribution in [0.25, 0.3) is 0 Å². The molecule has 0 unspecified atom stereocenters. The fourth-order valence-corrected chi connectivity index (χ4v) is 1.79. The van der Waals surface area contributed by atoms with E-state index < -0.39 is 0 Å². The van der Waals surface area contributed by atoms with Gasteiger partial charge in [-0.2, -0.15) is 10.4 Å². The number of rotatable bonds is 5. The minimum absolute atomic E-state index is 0.491. The van der Waals surface area contributed by atoms with Gasteiger partial charge in [-0.25, -0.2) is 0 Å². The summed E-state index contributed by atoms with van der Waals surface area (Å²) in [5.74, 6) is 0.492. The molecule has 2 aromatic rings. The summed E-state index contributed by atoms with van der Waals surface area (Å²) >= 11 is 0. The van der Waals surface area contributed by atoms with Gasteiger partial charge in [0.15, 0.2) is 5.82 Å². The third kappa shape index (κ3) is 3.52. The molecule has 0 amide bonds. The molecule has 0 atom stereocenters. The number of anilines is 2. The van der Waals surface area contributed by atoms with Crippen LogP contribution in [-0.2, 0) is 6.42 Å². The van der Waals surface area contributed by atoms with Crippen molar-refractivity contribution < 1.29 is 0 Å². The molecule has 1 N–H and O–H groups in total. The summed E-state index contributed by atoms with van der Waals surface area (Å²) in [6.45, 7) is 2.19. The lowest BCUT2D eigenvalue weighted by molar-refractivity contribution is 0.795. The first-order chi connectivity index (χ1) is 9.33. The summed E-state index contributed by atoms with van der Waals surface area (Å²) < 4.78 is 0. The summed E-state index contributed by atoms with van der Waals surface area (Å²) in [5, 5.41) is 19.8. The van der Waals surface area contributed by atoms with Crippen LogP contribution in [0.15, 0.2) is 36.5 Å². The number of hydrogen-bond donors (Lipinski definition) is 1. The molecule has 1 aromatic heterocycles. The highest BCUT2D eigenvalue weighted by Gasteiger charge is 2.03. The van der Waals surface area contributed by atoms with Gasteiger partial charge >= 0.3 is 0 Å². The lowest BCUT2D eigenvalue weighted by atomic mass is 10.1. The first kappa shape index (κ1) is 13.0. The molecule has 0 fully saturated rings. The summed E-state index contributed by atoms with van der Waals surface area (Å²) in [7, 11) is 0. The second-order valence-corrected chi connectivity index (χ2v) is 4.33. The number of aromatic nitrogens is 2. The van der Waals surface area contributed by atoms with E-state index in [1.165, 1.54) is 24.6 Å². The van der Waals surface area contributed by atoms with Crippen LogP contribution in [0.5, 0.6) is 0 Å². The number of nitrogens with zero attached hydrogens (tertiary/aromatic N) is 3. The van der Waals surface area contributed by atoms with Crippen LogP contribution in [0.4, 0.5) is 11.5 Å². The van der Waals surface area contributed by atoms with Gasteiger partial charge in [0.25, 0.3) is 0 Å². The van der Waals surface area contributed by atoms with Gasteiger partial charge in [0, 0.05) is 5.69 Å². The van der Waals surface area contributed by atoms with Crippen molar-refractivity contribution in [2.24, 2.45) is 0 Å². The Morgan fingerprint density at radius 1 is 1.21 bits per heavy atom. The fourth-order valence-electron chi connectivity index (χ4n) is 1.79. The predicted octanol–water partition coefficient (Wildman–Crippen LogP) is 3.43. The average Bonchev–Trinajstić information content (AvgIpc) is 2.47. The molecule has 4 heteroatoms. The number of aryl methyl sites for hydroxylation is 1. The van der Waals surface area contributed by atoms with Gasteiger partial charge in [0.05, 0.1) is 11.8 Å². The van der Waals surface area contributed by atoms with Gasteiger partial charge in [-0.1, -0.05) is 25.5 Å². The molecule has 0 saturated heterocycles. The smallest absolute Gasteiger partial charge is 0.171 e. The van der Waals surface area contributed by atoms with E-state index in [0.29, 0.717) is 11.4 Å². The first-order valence-electron chi connectivity index (χ1n) is 6.41. The second kappa shape index (κ2) is 6.50. The van der Waals surface area contributed by atoms with E-state index in [1.54, 1.807) is 6.07 Å². The lowest BCUT2D eigenvalue weighted by Crippen LogP contribution is -1.98. The SMILES string of the molecule is CCCCc1ccc(Nc2nnccc2C#N)cc1. The molecule has 0 aliphatic carbocycles. The maximum Gasteiger partial charge on any atom is 0.171 e. The van der Waals surface area contributed by atoms with Gasteiger partial charge in [-0.05, 0) is 36.6 Å². The Labute approximate surface area is 113 Å². The maximum atomic E-state index is 8.98. The summed E-state index contributed by atoms with van der Waals surface area (Å²) in [4.78, 5) is 0. The molecule has 0 aliphatic rings. The van der Waals surface area contributed by atoms with E-state index in [9.17, 15) is 0 Å². The summed E-state index contributed by atoms with van der Waals surface area (Å²) in [6, 6.07) is 11.9. The minimum Gasteiger partial charge on any atom is -0.338 e. The fraction of sp³-hybridized carbons (Fsp3) is 0.267. The largest absolute Gasteiger partial charge is 0.338 e. The maximum absolute atomic E-state index is 8.98. The van der Waals surface area contributed by atoms with E-state index >= 15 is 0 Å². The van der Waals surface area contributed by atoms with Gasteiger partial charge in [0.2, 0.25) is 0 Å². The van der Waals surface area contributed by atoms with Crippen molar-refractivity contribution in [2.75, 3.05) is 5.32 Å². The molecule has 1 aromatic carbocycles.